The van der Waals surface area contributed by atoms with Crippen LogP contribution in [0.5, 0.6) is 0 Å². The average molecular weight is 235 g/mol. The van der Waals surface area contributed by atoms with Crippen LogP contribution in [0.15, 0.2) is 18.3 Å². The molecular formula is C12H17N3O2. The lowest BCUT2D eigenvalue weighted by Gasteiger charge is -2.30. The molecule has 5 heteroatoms. The summed E-state index contributed by atoms with van der Waals surface area (Å²) in [4.78, 5) is 16.8. The second kappa shape index (κ2) is 5.14. The number of hydrogen-bond acceptors (Lipinski definition) is 3. The van der Waals surface area contributed by atoms with Crippen LogP contribution in [0.25, 0.3) is 0 Å². The van der Waals surface area contributed by atoms with Crippen molar-refractivity contribution in [2.45, 2.75) is 25.3 Å². The highest BCUT2D eigenvalue weighted by Gasteiger charge is 2.24. The molecule has 1 aromatic rings. The summed E-state index contributed by atoms with van der Waals surface area (Å²) in [5.74, 6) is 0.215. The summed E-state index contributed by atoms with van der Waals surface area (Å²) in [6, 6.07) is 3.92. The van der Waals surface area contributed by atoms with Crippen LogP contribution in [-0.2, 0) is 6.54 Å². The third kappa shape index (κ3) is 2.74. The molecule has 0 aromatic carbocycles. The Balaban J connectivity index is 2.08. The van der Waals surface area contributed by atoms with E-state index >= 15 is 0 Å². The second-order valence-corrected chi connectivity index (χ2v) is 4.36. The highest BCUT2D eigenvalue weighted by molar-refractivity contribution is 5.65. The highest BCUT2D eigenvalue weighted by Crippen LogP contribution is 2.25. The quantitative estimate of drug-likeness (QED) is 0.812. The molecule has 1 unspecified atom stereocenters. The molecule has 17 heavy (non-hydrogen) atoms. The first kappa shape index (κ1) is 11.9. The van der Waals surface area contributed by atoms with E-state index in [2.05, 4.69) is 4.98 Å². The molecule has 1 aliphatic rings. The summed E-state index contributed by atoms with van der Waals surface area (Å²) in [6.45, 7) is 1.66. The standard InChI is InChI=1S/C12H17N3O2/c13-6-9-3-4-11(14-7-9)10-2-1-5-15(8-10)12(16)17/h3-4,7,10H,1-2,5-6,8,13H2,(H,16,17). The van der Waals surface area contributed by atoms with Crippen LogP contribution in [0.1, 0.15) is 30.0 Å². The lowest BCUT2D eigenvalue weighted by molar-refractivity contribution is 0.130. The molecule has 0 radical (unpaired) electrons. The van der Waals surface area contributed by atoms with Crippen molar-refractivity contribution < 1.29 is 9.90 Å². The third-order valence-electron chi connectivity index (χ3n) is 3.19. The van der Waals surface area contributed by atoms with E-state index in [1.165, 1.54) is 4.90 Å². The van der Waals surface area contributed by atoms with Crippen LogP contribution < -0.4 is 5.73 Å². The van der Waals surface area contributed by atoms with Gasteiger partial charge in [-0.3, -0.25) is 4.98 Å². The summed E-state index contributed by atoms with van der Waals surface area (Å²) in [6.07, 6.45) is 2.83. The van der Waals surface area contributed by atoms with Crippen molar-refractivity contribution in [3.63, 3.8) is 0 Å². The van der Waals surface area contributed by atoms with Gasteiger partial charge in [-0.25, -0.2) is 4.79 Å². The van der Waals surface area contributed by atoms with E-state index in [1.54, 1.807) is 6.20 Å². The van der Waals surface area contributed by atoms with Gasteiger partial charge in [0.1, 0.15) is 0 Å². The lowest BCUT2D eigenvalue weighted by atomic mass is 9.94. The molecule has 3 N–H and O–H groups in total. The fraction of sp³-hybridized carbons (Fsp3) is 0.500. The number of carboxylic acid groups (broad SMARTS) is 1. The van der Waals surface area contributed by atoms with Crippen LogP contribution in [0.4, 0.5) is 4.79 Å². The van der Waals surface area contributed by atoms with Gasteiger partial charge in [0.05, 0.1) is 0 Å². The molecule has 0 bridgehead atoms. The van der Waals surface area contributed by atoms with Gasteiger partial charge < -0.3 is 15.7 Å². The zero-order valence-corrected chi connectivity index (χ0v) is 9.67. The van der Waals surface area contributed by atoms with Gasteiger partial charge in [-0.2, -0.15) is 0 Å². The molecule has 1 amide bonds. The second-order valence-electron chi connectivity index (χ2n) is 4.36. The molecule has 0 spiro atoms. The van der Waals surface area contributed by atoms with E-state index in [1.807, 2.05) is 12.1 Å². The van der Waals surface area contributed by atoms with Crippen molar-refractivity contribution in [1.82, 2.24) is 9.88 Å². The molecule has 92 valence electrons. The monoisotopic (exact) mass is 235 g/mol. The number of aromatic nitrogens is 1. The van der Waals surface area contributed by atoms with Crippen molar-refractivity contribution in [1.29, 1.82) is 0 Å². The highest BCUT2D eigenvalue weighted by atomic mass is 16.4. The molecule has 0 saturated carbocycles. The number of nitrogens with two attached hydrogens (primary N) is 1. The number of nitrogens with zero attached hydrogens (tertiary/aromatic N) is 2. The largest absolute Gasteiger partial charge is 0.465 e. The van der Waals surface area contributed by atoms with E-state index in [0.29, 0.717) is 19.6 Å². The van der Waals surface area contributed by atoms with Crippen molar-refractivity contribution in [2.75, 3.05) is 13.1 Å². The smallest absolute Gasteiger partial charge is 0.407 e. The van der Waals surface area contributed by atoms with Gasteiger partial charge >= 0.3 is 6.09 Å². The predicted molar refractivity (Wildman–Crippen MR) is 63.7 cm³/mol. The maximum absolute atomic E-state index is 10.9. The van der Waals surface area contributed by atoms with Crippen molar-refractivity contribution >= 4 is 6.09 Å². The number of pyridine rings is 1. The first-order chi connectivity index (χ1) is 8.20. The summed E-state index contributed by atoms with van der Waals surface area (Å²) >= 11 is 0. The summed E-state index contributed by atoms with van der Waals surface area (Å²) in [5.41, 5.74) is 7.48. The summed E-state index contributed by atoms with van der Waals surface area (Å²) in [7, 11) is 0. The fourth-order valence-corrected chi connectivity index (χ4v) is 2.19. The molecule has 1 aliphatic heterocycles. The Morgan fingerprint density at radius 1 is 1.59 bits per heavy atom. The summed E-state index contributed by atoms with van der Waals surface area (Å²) in [5, 5.41) is 8.97. The van der Waals surface area contributed by atoms with Gasteiger partial charge in [0, 0.05) is 37.4 Å². The topological polar surface area (TPSA) is 79.5 Å². The Bertz CT molecular complexity index is 391. The van der Waals surface area contributed by atoms with E-state index in [4.69, 9.17) is 10.8 Å². The molecule has 2 rings (SSSR count). The minimum atomic E-state index is -0.840. The third-order valence-corrected chi connectivity index (χ3v) is 3.19. The van der Waals surface area contributed by atoms with Gasteiger partial charge in [0.15, 0.2) is 0 Å². The zero-order chi connectivity index (χ0) is 12.3. The maximum atomic E-state index is 10.9. The first-order valence-electron chi connectivity index (χ1n) is 5.83. The van der Waals surface area contributed by atoms with Crippen LogP contribution in [-0.4, -0.2) is 34.2 Å². The number of hydrogen-bond donors (Lipinski definition) is 2. The lowest BCUT2D eigenvalue weighted by Crippen LogP contribution is -2.38. The molecule has 5 nitrogen and oxygen atoms in total. The maximum Gasteiger partial charge on any atom is 0.407 e. The SMILES string of the molecule is NCc1ccc(C2CCCN(C(=O)O)C2)nc1. The van der Waals surface area contributed by atoms with E-state index in [0.717, 1.165) is 24.1 Å². The molecule has 0 aliphatic carbocycles. The van der Waals surface area contributed by atoms with Gasteiger partial charge in [-0.05, 0) is 24.5 Å². The van der Waals surface area contributed by atoms with Crippen LogP contribution in [0.2, 0.25) is 0 Å². The van der Waals surface area contributed by atoms with Crippen molar-refractivity contribution in [3.05, 3.63) is 29.6 Å². The van der Waals surface area contributed by atoms with Crippen LogP contribution in [0.3, 0.4) is 0 Å². The number of carbonyl (C=O) groups is 1. The number of likely N-dealkylation sites (tertiary alicyclic amines) is 1. The Morgan fingerprint density at radius 2 is 2.41 bits per heavy atom. The minimum Gasteiger partial charge on any atom is -0.465 e. The van der Waals surface area contributed by atoms with E-state index in [9.17, 15) is 4.79 Å². The van der Waals surface area contributed by atoms with E-state index < -0.39 is 6.09 Å². The van der Waals surface area contributed by atoms with Crippen molar-refractivity contribution in [3.8, 4) is 0 Å². The molecular weight excluding hydrogens is 218 g/mol. The molecule has 1 fully saturated rings. The molecule has 1 aromatic heterocycles. The van der Waals surface area contributed by atoms with Gasteiger partial charge in [-0.15, -0.1) is 0 Å². The molecule has 1 atom stereocenters. The zero-order valence-electron chi connectivity index (χ0n) is 9.67. The Labute approximate surface area is 100 Å². The number of amides is 1. The predicted octanol–water partition coefficient (Wildman–Crippen LogP) is 1.40. The minimum absolute atomic E-state index is 0.215. The van der Waals surface area contributed by atoms with Crippen LogP contribution in [0, 0.1) is 0 Å². The summed E-state index contributed by atoms with van der Waals surface area (Å²) < 4.78 is 0. The Hall–Kier alpha value is -1.62. The van der Waals surface area contributed by atoms with Gasteiger partial charge in [-0.1, -0.05) is 6.07 Å². The number of rotatable bonds is 2. The van der Waals surface area contributed by atoms with Crippen LogP contribution >= 0.6 is 0 Å². The van der Waals surface area contributed by atoms with E-state index in [-0.39, 0.29) is 5.92 Å². The van der Waals surface area contributed by atoms with Crippen molar-refractivity contribution in [2.24, 2.45) is 5.73 Å². The first-order valence-corrected chi connectivity index (χ1v) is 5.83. The molecule has 2 heterocycles. The normalized spacial score (nSPS) is 20.3. The average Bonchev–Trinajstić information content (AvgIpc) is 2.39. The van der Waals surface area contributed by atoms with Gasteiger partial charge in [0.25, 0.3) is 0 Å². The fourth-order valence-electron chi connectivity index (χ4n) is 2.19. The Kier molecular flexibility index (Phi) is 3.58. The number of piperidine rings is 1. The van der Waals surface area contributed by atoms with Gasteiger partial charge in [0.2, 0.25) is 0 Å². The Morgan fingerprint density at radius 3 is 3.00 bits per heavy atom. The molecule has 1 saturated heterocycles.